The monoisotopic (exact) mass is 108 g/mol. The number of hydrogen-bond donors (Lipinski definition) is 1. The molecule has 0 aliphatic rings. The molecule has 6 heavy (non-hydrogen) atoms. The smallest absolute Gasteiger partial charge is 0.0672 e. The number of alkyl halides is 1. The second-order valence-corrected chi connectivity index (χ2v) is 1.52. The van der Waals surface area contributed by atoms with Gasteiger partial charge in [0.1, 0.15) is 0 Å². The van der Waals surface area contributed by atoms with Crippen molar-refractivity contribution in [1.82, 2.24) is 0 Å². The van der Waals surface area contributed by atoms with E-state index in [1.165, 1.54) is 0 Å². The maximum Gasteiger partial charge on any atom is 0.0672 e. The highest BCUT2D eigenvalue weighted by molar-refractivity contribution is 6.18. The molecule has 0 rings (SSSR count). The Bertz CT molecular complexity index is 26.7. The number of rotatable bonds is 2. The van der Waals surface area contributed by atoms with E-state index in [1.807, 2.05) is 6.92 Å². The predicted octanol–water partition coefficient (Wildman–Crippen LogP) is 0.996. The van der Waals surface area contributed by atoms with Gasteiger partial charge in [0, 0.05) is 5.88 Å². The van der Waals surface area contributed by atoms with Crippen molar-refractivity contribution in [2.75, 3.05) is 5.88 Å². The van der Waals surface area contributed by atoms with Crippen LogP contribution >= 0.6 is 11.6 Å². The SMILES string of the molecule is CC[C@@H](O)CCl. The fourth-order valence-corrected chi connectivity index (χ4v) is 0.327. The van der Waals surface area contributed by atoms with Crippen molar-refractivity contribution in [2.24, 2.45) is 0 Å². The van der Waals surface area contributed by atoms with Crippen LogP contribution in [0.15, 0.2) is 0 Å². The first-order chi connectivity index (χ1) is 2.81. The third kappa shape index (κ3) is 2.49. The summed E-state index contributed by atoms with van der Waals surface area (Å²) in [4.78, 5) is 0. The Morgan fingerprint density at radius 1 is 1.83 bits per heavy atom. The predicted molar refractivity (Wildman–Crippen MR) is 27.0 cm³/mol. The normalized spacial score (nSPS) is 14.5. The van der Waals surface area contributed by atoms with E-state index < -0.39 is 0 Å². The number of aliphatic hydroxyl groups is 1. The summed E-state index contributed by atoms with van der Waals surface area (Å²) in [5.41, 5.74) is 0. The Kier molecular flexibility index (Phi) is 3.58. The van der Waals surface area contributed by atoms with Gasteiger partial charge in [0.25, 0.3) is 0 Å². The Morgan fingerprint density at radius 2 is 2.33 bits per heavy atom. The van der Waals surface area contributed by atoms with Crippen LogP contribution in [0.1, 0.15) is 13.3 Å². The van der Waals surface area contributed by atoms with Crippen LogP contribution in [0.3, 0.4) is 0 Å². The first-order valence-electron chi connectivity index (χ1n) is 2.05. The van der Waals surface area contributed by atoms with Gasteiger partial charge in [0.05, 0.1) is 6.10 Å². The highest BCUT2D eigenvalue weighted by atomic mass is 35.5. The van der Waals surface area contributed by atoms with Gasteiger partial charge in [-0.3, -0.25) is 0 Å². The summed E-state index contributed by atoms with van der Waals surface area (Å²) in [6.07, 6.45) is 0.454. The van der Waals surface area contributed by atoms with E-state index in [9.17, 15) is 0 Å². The molecule has 1 atom stereocenters. The molecule has 0 heterocycles. The summed E-state index contributed by atoms with van der Waals surface area (Å²) in [7, 11) is 0. The van der Waals surface area contributed by atoms with Crippen LogP contribution < -0.4 is 0 Å². The van der Waals surface area contributed by atoms with E-state index in [4.69, 9.17) is 16.7 Å². The summed E-state index contributed by atoms with van der Waals surface area (Å²) in [5, 5.41) is 8.53. The Hall–Kier alpha value is 0.250. The fraction of sp³-hybridized carbons (Fsp3) is 1.00. The Labute approximate surface area is 42.9 Å². The van der Waals surface area contributed by atoms with Crippen LogP contribution in [0.4, 0.5) is 0 Å². The Balaban J connectivity index is 2.75. The lowest BCUT2D eigenvalue weighted by Crippen LogP contribution is -2.04. The van der Waals surface area contributed by atoms with Crippen LogP contribution in [0.25, 0.3) is 0 Å². The van der Waals surface area contributed by atoms with Gasteiger partial charge < -0.3 is 5.11 Å². The molecule has 0 spiro atoms. The third-order valence-electron chi connectivity index (χ3n) is 0.649. The van der Waals surface area contributed by atoms with Crippen LogP contribution in [0.2, 0.25) is 0 Å². The molecule has 0 saturated heterocycles. The molecular weight excluding hydrogens is 99.5 g/mol. The van der Waals surface area contributed by atoms with Crippen molar-refractivity contribution in [3.8, 4) is 0 Å². The standard InChI is InChI=1S/C4H9ClO/c1-2-4(6)3-5/h4,6H,2-3H2,1H3/t4-/m1/s1. The molecule has 1 N–H and O–H groups in total. The zero-order chi connectivity index (χ0) is 4.99. The van der Waals surface area contributed by atoms with Gasteiger partial charge in [0.15, 0.2) is 0 Å². The van der Waals surface area contributed by atoms with Crippen molar-refractivity contribution < 1.29 is 5.11 Å². The lowest BCUT2D eigenvalue weighted by molar-refractivity contribution is 0.194. The van der Waals surface area contributed by atoms with E-state index in [1.54, 1.807) is 0 Å². The van der Waals surface area contributed by atoms with Crippen molar-refractivity contribution in [2.45, 2.75) is 19.4 Å². The molecule has 2 heteroatoms. The van der Waals surface area contributed by atoms with Gasteiger partial charge in [-0.1, -0.05) is 6.92 Å². The van der Waals surface area contributed by atoms with E-state index in [-0.39, 0.29) is 6.10 Å². The molecule has 0 saturated carbocycles. The molecule has 0 fully saturated rings. The van der Waals surface area contributed by atoms with Gasteiger partial charge in [-0.2, -0.15) is 0 Å². The van der Waals surface area contributed by atoms with Crippen LogP contribution in [-0.2, 0) is 0 Å². The van der Waals surface area contributed by atoms with Gasteiger partial charge >= 0.3 is 0 Å². The highest BCUT2D eigenvalue weighted by Crippen LogP contribution is 1.90. The zero-order valence-corrected chi connectivity index (χ0v) is 4.57. The quantitative estimate of drug-likeness (QED) is 0.524. The molecular formula is C4H9ClO. The minimum Gasteiger partial charge on any atom is -0.392 e. The second-order valence-electron chi connectivity index (χ2n) is 1.22. The summed E-state index contributed by atoms with van der Waals surface area (Å²) in [6.45, 7) is 1.90. The summed E-state index contributed by atoms with van der Waals surface area (Å²) in [5.74, 6) is 0.358. The number of hydrogen-bond acceptors (Lipinski definition) is 1. The summed E-state index contributed by atoms with van der Waals surface area (Å²) >= 11 is 5.20. The lowest BCUT2D eigenvalue weighted by Gasteiger charge is -1.96. The molecule has 0 amide bonds. The van der Waals surface area contributed by atoms with Crippen LogP contribution in [0, 0.1) is 0 Å². The molecule has 0 bridgehead atoms. The molecule has 38 valence electrons. The van der Waals surface area contributed by atoms with E-state index >= 15 is 0 Å². The molecule has 0 unspecified atom stereocenters. The van der Waals surface area contributed by atoms with E-state index in [0.29, 0.717) is 5.88 Å². The van der Waals surface area contributed by atoms with Gasteiger partial charge in [-0.15, -0.1) is 11.6 Å². The molecule has 0 radical (unpaired) electrons. The average Bonchev–Trinajstić information content (AvgIpc) is 1.65. The molecule has 0 aromatic carbocycles. The number of aliphatic hydroxyl groups excluding tert-OH is 1. The lowest BCUT2D eigenvalue weighted by atomic mass is 10.3. The van der Waals surface area contributed by atoms with Crippen LogP contribution in [-0.4, -0.2) is 17.1 Å². The topological polar surface area (TPSA) is 20.2 Å². The van der Waals surface area contributed by atoms with Crippen molar-refractivity contribution in [1.29, 1.82) is 0 Å². The molecule has 1 nitrogen and oxygen atoms in total. The molecule has 0 aromatic rings. The van der Waals surface area contributed by atoms with Gasteiger partial charge in [0.2, 0.25) is 0 Å². The largest absolute Gasteiger partial charge is 0.392 e. The van der Waals surface area contributed by atoms with Crippen molar-refractivity contribution in [3.63, 3.8) is 0 Å². The maximum atomic E-state index is 8.53. The second kappa shape index (κ2) is 3.44. The minimum absolute atomic E-state index is 0.299. The van der Waals surface area contributed by atoms with Crippen molar-refractivity contribution >= 4 is 11.6 Å². The van der Waals surface area contributed by atoms with Gasteiger partial charge in [-0.05, 0) is 6.42 Å². The fourth-order valence-electron chi connectivity index (χ4n) is 0.109. The third-order valence-corrected chi connectivity index (χ3v) is 1.01. The van der Waals surface area contributed by atoms with Crippen molar-refractivity contribution in [3.05, 3.63) is 0 Å². The summed E-state index contributed by atoms with van der Waals surface area (Å²) in [6, 6.07) is 0. The van der Waals surface area contributed by atoms with E-state index in [0.717, 1.165) is 6.42 Å². The molecule has 0 aliphatic heterocycles. The number of halogens is 1. The average molecular weight is 109 g/mol. The van der Waals surface area contributed by atoms with Gasteiger partial charge in [-0.25, -0.2) is 0 Å². The zero-order valence-electron chi connectivity index (χ0n) is 3.82. The highest BCUT2D eigenvalue weighted by Gasteiger charge is 1.92. The van der Waals surface area contributed by atoms with E-state index in [2.05, 4.69) is 0 Å². The van der Waals surface area contributed by atoms with Crippen LogP contribution in [0.5, 0.6) is 0 Å². The maximum absolute atomic E-state index is 8.53. The first kappa shape index (κ1) is 6.25. The first-order valence-corrected chi connectivity index (χ1v) is 2.58. The molecule has 0 aliphatic carbocycles. The summed E-state index contributed by atoms with van der Waals surface area (Å²) < 4.78 is 0. The molecule has 0 aromatic heterocycles. The minimum atomic E-state index is -0.299. The Morgan fingerprint density at radius 3 is 2.33 bits per heavy atom.